The quantitative estimate of drug-likeness (QED) is 0.0157. The van der Waals surface area contributed by atoms with Crippen LogP contribution in [0.4, 0.5) is 0 Å². The molecule has 2 heterocycles. The molecular formula is C104H145N2O17P. The molecule has 2 amide bonds. The normalized spacial score (nSPS) is 19.5. The second-order valence-corrected chi connectivity index (χ2v) is 34.9. The first-order valence-electron chi connectivity index (χ1n) is 46.8. The molecule has 7 aromatic carbocycles. The SMILES string of the molecule is C=CCO[C@H]1O[C@H](CO[C@@H]2O[C@H](COCc3ccccc3)[C@@H](OP(=O)(OCc3ccccc3)OCc3ccccc3)[C@H](OCc3ccccc3)[C@@H]2NC(=O)C[C@@H](CCCCCCCCCCC)OC(=O)CCCCCCCCCCC)[C@@H](OCc2ccccc2)[C@H](OCc2ccccc2)[C@@H]1NC(=O)C[C@@H](CCCCCCCCCCC)OCc1ccccc1. The fourth-order valence-electron chi connectivity index (χ4n) is 15.9. The standard InChI is InChI=1S/C104H145N2O17P/c1-5-9-12-15-18-21-24-27-51-68-90(113-75-84-56-39-31-40-57-84)72-94(107)105-97-101(115-77-86-60-43-33-44-61-86)99(114-76-85-58-41-32-42-59-85)93(122-103(97)112-71-8-4)82-117-104-98(106-95(108)73-91(69-52-28-25-22-19-16-13-10-6-2)120-96(109)70-53-29-26-23-20-17-14-11-7-3)102(116-78-87-62-45-34-46-63-87)100(92(121-104)81-111-74-83-54-37-30-38-55-83)123-124(110,118-79-88-64-47-35-48-65-88)119-80-89-66-49-36-50-67-89/h8,30-50,54-67,90-93,97-104H,4-7,9-29,51-53,68-82H2,1-3H3,(H,105,107)(H,106,108)/t90-,91-,92-,93-,97+,98+,99-,100-,101-,102-,103+,104-/m1/s1. The zero-order valence-electron chi connectivity index (χ0n) is 74.5. The highest BCUT2D eigenvalue weighted by Gasteiger charge is 2.54. The zero-order valence-corrected chi connectivity index (χ0v) is 75.4. The van der Waals surface area contributed by atoms with Gasteiger partial charge < -0.3 is 58.0 Å². The monoisotopic (exact) mass is 1730 g/mol. The van der Waals surface area contributed by atoms with Crippen LogP contribution in [-0.4, -0.2) is 111 Å². The van der Waals surface area contributed by atoms with Gasteiger partial charge >= 0.3 is 13.8 Å². The van der Waals surface area contributed by atoms with Gasteiger partial charge in [0, 0.05) is 6.42 Å². The number of unbranched alkanes of at least 4 members (excludes halogenated alkanes) is 24. The van der Waals surface area contributed by atoms with Crippen LogP contribution in [0.25, 0.3) is 0 Å². The number of esters is 1. The molecule has 0 bridgehead atoms. The van der Waals surface area contributed by atoms with Crippen LogP contribution >= 0.6 is 7.82 Å². The minimum absolute atomic E-state index is 0.0158. The Morgan fingerprint density at radius 1 is 0.371 bits per heavy atom. The zero-order chi connectivity index (χ0) is 87.0. The van der Waals surface area contributed by atoms with Gasteiger partial charge in [0.2, 0.25) is 11.8 Å². The summed E-state index contributed by atoms with van der Waals surface area (Å²) in [4.78, 5) is 45.4. The van der Waals surface area contributed by atoms with Gasteiger partial charge in [-0.05, 0) is 64.6 Å². The van der Waals surface area contributed by atoms with Gasteiger partial charge in [-0.3, -0.25) is 28.0 Å². The van der Waals surface area contributed by atoms with Crippen LogP contribution in [0, 0.1) is 0 Å². The molecule has 9 rings (SSSR count). The maximum atomic E-state index is 16.2. The summed E-state index contributed by atoms with van der Waals surface area (Å²) in [5.74, 6) is -1.15. The first-order valence-corrected chi connectivity index (χ1v) is 48.3. The van der Waals surface area contributed by atoms with Gasteiger partial charge in [0.1, 0.15) is 54.8 Å². The Hall–Kier alpha value is -7.56. The molecule has 2 saturated heterocycles. The van der Waals surface area contributed by atoms with Crippen LogP contribution < -0.4 is 10.6 Å². The van der Waals surface area contributed by atoms with Crippen LogP contribution in [-0.2, 0) is 126 Å². The molecule has 0 unspecified atom stereocenters. The second-order valence-electron chi connectivity index (χ2n) is 33.3. The molecule has 0 saturated carbocycles. The molecule has 2 aliphatic rings. The maximum Gasteiger partial charge on any atom is 0.475 e. The molecule has 0 aromatic heterocycles. The molecule has 2 fully saturated rings. The molecule has 0 aliphatic carbocycles. The predicted molar refractivity (Wildman–Crippen MR) is 489 cm³/mol. The summed E-state index contributed by atoms with van der Waals surface area (Å²) in [6.07, 6.45) is 21.8. The van der Waals surface area contributed by atoms with Gasteiger partial charge in [-0.1, -0.05) is 400 Å². The van der Waals surface area contributed by atoms with Crippen molar-refractivity contribution in [1.29, 1.82) is 0 Å². The van der Waals surface area contributed by atoms with Gasteiger partial charge in [-0.25, -0.2) is 4.57 Å². The Morgan fingerprint density at radius 2 is 0.702 bits per heavy atom. The average Bonchev–Trinajstić information content (AvgIpc) is 0.776. The van der Waals surface area contributed by atoms with E-state index in [0.29, 0.717) is 37.0 Å². The van der Waals surface area contributed by atoms with E-state index in [1.54, 1.807) is 6.08 Å². The lowest BCUT2D eigenvalue weighted by Gasteiger charge is -2.48. The smallest absolute Gasteiger partial charge is 0.462 e. The Kier molecular flexibility index (Phi) is 49.3. The molecule has 2 aliphatic heterocycles. The maximum absolute atomic E-state index is 16.2. The van der Waals surface area contributed by atoms with Crippen molar-refractivity contribution < 1.29 is 79.9 Å². The van der Waals surface area contributed by atoms with E-state index in [9.17, 15) is 4.79 Å². The topological polar surface area (TPSA) is 212 Å². The fraction of sp³-hybridized carbons (Fsp3) is 0.548. The third kappa shape index (κ3) is 39.4. The Bertz CT molecular complexity index is 3910. The van der Waals surface area contributed by atoms with Crippen LogP contribution in [0.2, 0.25) is 0 Å². The van der Waals surface area contributed by atoms with Crippen molar-refractivity contribution in [3.63, 3.8) is 0 Å². The number of ether oxygens (including phenoxy) is 10. The van der Waals surface area contributed by atoms with Crippen molar-refractivity contribution >= 4 is 25.6 Å². The first-order chi connectivity index (χ1) is 61.0. The van der Waals surface area contributed by atoms with Crippen molar-refractivity contribution in [3.8, 4) is 0 Å². The lowest BCUT2D eigenvalue weighted by molar-refractivity contribution is -0.314. The van der Waals surface area contributed by atoms with Gasteiger partial charge in [0.25, 0.3) is 0 Å². The summed E-state index contributed by atoms with van der Waals surface area (Å²) in [7, 11) is -4.77. The molecular weight excluding hydrogens is 1580 g/mol. The highest BCUT2D eigenvalue weighted by atomic mass is 31.2. The van der Waals surface area contributed by atoms with E-state index in [0.717, 1.165) is 98.4 Å². The number of hydrogen-bond acceptors (Lipinski definition) is 17. The highest BCUT2D eigenvalue weighted by molar-refractivity contribution is 7.48. The van der Waals surface area contributed by atoms with Crippen molar-refractivity contribution in [3.05, 3.63) is 264 Å². The lowest BCUT2D eigenvalue weighted by Crippen LogP contribution is -2.68. The van der Waals surface area contributed by atoms with Crippen LogP contribution in [0.15, 0.2) is 225 Å². The van der Waals surface area contributed by atoms with Gasteiger partial charge in [0.05, 0.1) is 85.0 Å². The van der Waals surface area contributed by atoms with E-state index in [-0.39, 0.29) is 90.6 Å². The first kappa shape index (κ1) is 100. The van der Waals surface area contributed by atoms with Crippen molar-refractivity contribution in [2.45, 2.75) is 346 Å². The molecule has 124 heavy (non-hydrogen) atoms. The fourth-order valence-corrected chi connectivity index (χ4v) is 17.3. The third-order valence-corrected chi connectivity index (χ3v) is 24.3. The lowest BCUT2D eigenvalue weighted by atomic mass is 9.94. The van der Waals surface area contributed by atoms with E-state index in [4.69, 9.17) is 60.9 Å². The van der Waals surface area contributed by atoms with Crippen molar-refractivity contribution in [1.82, 2.24) is 10.6 Å². The molecule has 7 aromatic rings. The van der Waals surface area contributed by atoms with Gasteiger partial charge in [0.15, 0.2) is 12.6 Å². The Balaban J connectivity index is 1.10. The molecule has 0 radical (unpaired) electrons. The molecule has 678 valence electrons. The molecule has 19 nitrogen and oxygen atoms in total. The molecule has 20 heteroatoms. The van der Waals surface area contributed by atoms with Crippen LogP contribution in [0.1, 0.15) is 265 Å². The Morgan fingerprint density at radius 3 is 1.11 bits per heavy atom. The van der Waals surface area contributed by atoms with Gasteiger partial charge in [-0.2, -0.15) is 0 Å². The largest absolute Gasteiger partial charge is 0.475 e. The number of benzene rings is 7. The number of hydrogen-bond donors (Lipinski definition) is 2. The van der Waals surface area contributed by atoms with E-state index in [1.807, 2.05) is 212 Å². The Labute approximate surface area is 741 Å². The van der Waals surface area contributed by atoms with E-state index in [2.05, 4.69) is 38.0 Å². The predicted octanol–water partition coefficient (Wildman–Crippen LogP) is 23.6. The second kappa shape index (κ2) is 61.0. The number of carbonyl (C=O) groups excluding carboxylic acids is 3. The van der Waals surface area contributed by atoms with Gasteiger partial charge in [-0.15, -0.1) is 6.58 Å². The number of nitrogens with one attached hydrogen (secondary N) is 2. The number of rotatable bonds is 67. The number of phosphoric ester groups is 1. The van der Waals surface area contributed by atoms with E-state index >= 15 is 14.2 Å². The average molecular weight is 1730 g/mol. The minimum Gasteiger partial charge on any atom is -0.462 e. The summed E-state index contributed by atoms with van der Waals surface area (Å²) in [5, 5.41) is 6.73. The van der Waals surface area contributed by atoms with Crippen LogP contribution in [0.5, 0.6) is 0 Å². The minimum atomic E-state index is -4.77. The number of carbonyl (C=O) groups is 3. The van der Waals surface area contributed by atoms with E-state index in [1.165, 1.54) is 96.3 Å². The summed E-state index contributed by atoms with van der Waals surface area (Å²) in [6.45, 7) is 10.5. The number of amides is 2. The highest BCUT2D eigenvalue weighted by Crippen LogP contribution is 2.54. The third-order valence-electron chi connectivity index (χ3n) is 22.9. The molecule has 12 atom stereocenters. The summed E-state index contributed by atoms with van der Waals surface area (Å²) >= 11 is 0. The van der Waals surface area contributed by atoms with E-state index < -0.39 is 87.2 Å². The summed E-state index contributed by atoms with van der Waals surface area (Å²) in [5.41, 5.74) is 5.77. The van der Waals surface area contributed by atoms with Crippen molar-refractivity contribution in [2.75, 3.05) is 19.8 Å². The van der Waals surface area contributed by atoms with Crippen molar-refractivity contribution in [2.24, 2.45) is 0 Å². The number of phosphoric acid groups is 1. The molecule has 0 spiro atoms. The van der Waals surface area contributed by atoms with Crippen LogP contribution in [0.3, 0.4) is 0 Å². The summed E-state index contributed by atoms with van der Waals surface area (Å²) in [6, 6.07) is 65.2. The summed E-state index contributed by atoms with van der Waals surface area (Å²) < 4.78 is 106. The molecule has 2 N–H and O–H groups in total.